The van der Waals surface area contributed by atoms with Crippen molar-refractivity contribution < 1.29 is 22.7 Å². The second-order valence-corrected chi connectivity index (χ2v) is 8.77. The standard InChI is InChI=1S/C30H24F3N3O2/c1-38-25-13-11-24(12-14-25)34-28(37)17-15-26-29(20-6-3-2-4-7-20)35-27-16-10-22(19-36(26)27)21-8-5-9-23(18-21)30(31,32)33/h2-14,16,18-19H,15,17H2,1H3,(H,34,37). The summed E-state index contributed by atoms with van der Waals surface area (Å²) in [5.74, 6) is 0.524. The molecule has 0 spiro atoms. The lowest BCUT2D eigenvalue weighted by Crippen LogP contribution is -2.13. The minimum Gasteiger partial charge on any atom is -0.497 e. The number of aromatic nitrogens is 2. The van der Waals surface area contributed by atoms with Gasteiger partial charge in [-0.3, -0.25) is 4.79 Å². The highest BCUT2D eigenvalue weighted by atomic mass is 19.4. The van der Waals surface area contributed by atoms with E-state index in [1.165, 1.54) is 6.07 Å². The Bertz CT molecular complexity index is 1580. The molecule has 0 fully saturated rings. The average Bonchev–Trinajstić information content (AvgIpc) is 3.30. The number of anilines is 1. The molecule has 0 saturated carbocycles. The Balaban J connectivity index is 1.48. The van der Waals surface area contributed by atoms with E-state index in [1.807, 2.05) is 34.7 Å². The van der Waals surface area contributed by atoms with E-state index in [0.717, 1.165) is 29.1 Å². The molecule has 0 atom stereocenters. The highest BCUT2D eigenvalue weighted by molar-refractivity contribution is 5.91. The van der Waals surface area contributed by atoms with Crippen LogP contribution in [-0.2, 0) is 17.4 Å². The Morgan fingerprint density at radius 1 is 0.895 bits per heavy atom. The van der Waals surface area contributed by atoms with Crippen molar-refractivity contribution in [2.24, 2.45) is 0 Å². The van der Waals surface area contributed by atoms with E-state index in [-0.39, 0.29) is 12.3 Å². The summed E-state index contributed by atoms with van der Waals surface area (Å²) in [6.07, 6.45) is -2.09. The maximum absolute atomic E-state index is 13.3. The van der Waals surface area contributed by atoms with Gasteiger partial charge in [0.15, 0.2) is 0 Å². The van der Waals surface area contributed by atoms with E-state index >= 15 is 0 Å². The molecule has 2 heterocycles. The van der Waals surface area contributed by atoms with Gasteiger partial charge in [-0.25, -0.2) is 4.98 Å². The quantitative estimate of drug-likeness (QED) is 0.248. The maximum Gasteiger partial charge on any atom is 0.416 e. The van der Waals surface area contributed by atoms with Crippen molar-refractivity contribution in [3.05, 3.63) is 108 Å². The molecule has 5 aromatic rings. The van der Waals surface area contributed by atoms with E-state index < -0.39 is 11.7 Å². The van der Waals surface area contributed by atoms with Gasteiger partial charge in [0.1, 0.15) is 11.4 Å². The van der Waals surface area contributed by atoms with Crippen LogP contribution in [0.4, 0.5) is 18.9 Å². The number of hydrogen-bond donors (Lipinski definition) is 1. The number of benzene rings is 3. The smallest absolute Gasteiger partial charge is 0.416 e. The number of pyridine rings is 1. The van der Waals surface area contributed by atoms with Gasteiger partial charge in [0.25, 0.3) is 0 Å². The lowest BCUT2D eigenvalue weighted by Gasteiger charge is -2.11. The number of imidazole rings is 1. The van der Waals surface area contributed by atoms with E-state index in [2.05, 4.69) is 5.32 Å². The minimum atomic E-state index is -4.43. The molecule has 0 aliphatic rings. The molecular weight excluding hydrogens is 491 g/mol. The third kappa shape index (κ3) is 5.39. The van der Waals surface area contributed by atoms with Crippen LogP contribution >= 0.6 is 0 Å². The SMILES string of the molecule is COc1ccc(NC(=O)CCc2c(-c3ccccc3)nc3ccc(-c4cccc(C(F)(F)F)c4)cn23)cc1. The molecule has 0 radical (unpaired) electrons. The summed E-state index contributed by atoms with van der Waals surface area (Å²) in [5, 5.41) is 2.89. The average molecular weight is 516 g/mol. The normalized spacial score (nSPS) is 11.5. The van der Waals surface area contributed by atoms with E-state index in [9.17, 15) is 18.0 Å². The molecule has 8 heteroatoms. The number of carbonyl (C=O) groups is 1. The summed E-state index contributed by atoms with van der Waals surface area (Å²) < 4.78 is 46.9. The predicted molar refractivity (Wildman–Crippen MR) is 141 cm³/mol. The fourth-order valence-electron chi connectivity index (χ4n) is 4.34. The summed E-state index contributed by atoms with van der Waals surface area (Å²) in [5.41, 5.74) is 4.07. The molecule has 0 bridgehead atoms. The van der Waals surface area contributed by atoms with Crippen LogP contribution in [0.1, 0.15) is 17.7 Å². The van der Waals surface area contributed by atoms with Gasteiger partial charge in [0.2, 0.25) is 5.91 Å². The van der Waals surface area contributed by atoms with E-state index in [4.69, 9.17) is 9.72 Å². The van der Waals surface area contributed by atoms with Crippen molar-refractivity contribution in [2.75, 3.05) is 12.4 Å². The zero-order valence-corrected chi connectivity index (χ0v) is 20.5. The number of amides is 1. The number of hydrogen-bond acceptors (Lipinski definition) is 3. The molecular formula is C30H24F3N3O2. The third-order valence-electron chi connectivity index (χ3n) is 6.25. The fourth-order valence-corrected chi connectivity index (χ4v) is 4.34. The number of aryl methyl sites for hydroxylation is 1. The first kappa shape index (κ1) is 25.1. The molecule has 0 saturated heterocycles. The van der Waals surface area contributed by atoms with Gasteiger partial charge in [-0.2, -0.15) is 13.2 Å². The Hall–Kier alpha value is -4.59. The summed E-state index contributed by atoms with van der Waals surface area (Å²) in [6, 6.07) is 25.5. The molecule has 3 aromatic carbocycles. The van der Waals surface area contributed by atoms with Crippen molar-refractivity contribution in [3.8, 4) is 28.1 Å². The first-order chi connectivity index (χ1) is 18.3. The maximum atomic E-state index is 13.3. The number of rotatable bonds is 7. The highest BCUT2D eigenvalue weighted by Crippen LogP contribution is 2.33. The third-order valence-corrected chi connectivity index (χ3v) is 6.25. The molecule has 192 valence electrons. The topological polar surface area (TPSA) is 55.6 Å². The number of alkyl halides is 3. The second-order valence-electron chi connectivity index (χ2n) is 8.77. The van der Waals surface area contributed by atoms with Gasteiger partial charge in [-0.05, 0) is 66.1 Å². The first-order valence-electron chi connectivity index (χ1n) is 12.0. The molecule has 0 aliphatic carbocycles. The number of carbonyl (C=O) groups excluding carboxylic acids is 1. The Morgan fingerprint density at radius 2 is 1.63 bits per heavy atom. The van der Waals surface area contributed by atoms with Gasteiger partial charge in [-0.15, -0.1) is 0 Å². The Labute approximate surface area is 217 Å². The number of fused-ring (bicyclic) bond motifs is 1. The minimum absolute atomic E-state index is 0.168. The van der Waals surface area contributed by atoms with Gasteiger partial charge in [-0.1, -0.05) is 42.5 Å². The summed E-state index contributed by atoms with van der Waals surface area (Å²) >= 11 is 0. The monoisotopic (exact) mass is 515 g/mol. The molecule has 1 N–H and O–H groups in total. The van der Waals surface area contributed by atoms with Crippen molar-refractivity contribution in [2.45, 2.75) is 19.0 Å². The molecule has 5 nitrogen and oxygen atoms in total. The van der Waals surface area contributed by atoms with Crippen LogP contribution < -0.4 is 10.1 Å². The van der Waals surface area contributed by atoms with Crippen LogP contribution in [0.5, 0.6) is 5.75 Å². The van der Waals surface area contributed by atoms with Crippen LogP contribution in [0.3, 0.4) is 0 Å². The first-order valence-corrected chi connectivity index (χ1v) is 12.0. The lowest BCUT2D eigenvalue weighted by atomic mass is 10.0. The van der Waals surface area contributed by atoms with Crippen LogP contribution in [0.2, 0.25) is 0 Å². The molecule has 0 unspecified atom stereocenters. The van der Waals surface area contributed by atoms with E-state index in [0.29, 0.717) is 34.6 Å². The highest BCUT2D eigenvalue weighted by Gasteiger charge is 2.30. The molecule has 2 aromatic heterocycles. The summed E-state index contributed by atoms with van der Waals surface area (Å²) in [7, 11) is 1.58. The van der Waals surface area contributed by atoms with Crippen LogP contribution in [0.25, 0.3) is 28.0 Å². The van der Waals surface area contributed by atoms with Crippen LogP contribution in [0.15, 0.2) is 97.2 Å². The van der Waals surface area contributed by atoms with E-state index in [1.54, 1.807) is 55.8 Å². The Kier molecular flexibility index (Phi) is 6.87. The number of nitrogens with one attached hydrogen (secondary N) is 1. The van der Waals surface area contributed by atoms with Crippen LogP contribution in [0, 0.1) is 0 Å². The molecule has 5 rings (SSSR count). The Morgan fingerprint density at radius 3 is 2.34 bits per heavy atom. The summed E-state index contributed by atoms with van der Waals surface area (Å²) in [4.78, 5) is 17.6. The van der Waals surface area contributed by atoms with Crippen molar-refractivity contribution >= 4 is 17.2 Å². The van der Waals surface area contributed by atoms with Gasteiger partial charge < -0.3 is 14.5 Å². The molecule has 1 amide bonds. The predicted octanol–water partition coefficient (Wildman–Crippen LogP) is 7.27. The zero-order valence-electron chi connectivity index (χ0n) is 20.5. The van der Waals surface area contributed by atoms with Gasteiger partial charge in [0, 0.05) is 23.9 Å². The fraction of sp³-hybridized carbons (Fsp3) is 0.133. The number of halogens is 3. The summed E-state index contributed by atoms with van der Waals surface area (Å²) in [6.45, 7) is 0. The van der Waals surface area contributed by atoms with Crippen LogP contribution in [-0.4, -0.2) is 22.4 Å². The largest absolute Gasteiger partial charge is 0.497 e. The molecule has 38 heavy (non-hydrogen) atoms. The second kappa shape index (κ2) is 10.4. The van der Waals surface area contributed by atoms with Crippen molar-refractivity contribution in [1.29, 1.82) is 0 Å². The number of nitrogens with zero attached hydrogens (tertiary/aromatic N) is 2. The number of methoxy groups -OCH3 is 1. The van der Waals surface area contributed by atoms with Crippen molar-refractivity contribution in [3.63, 3.8) is 0 Å². The van der Waals surface area contributed by atoms with Crippen molar-refractivity contribution in [1.82, 2.24) is 9.38 Å². The van der Waals surface area contributed by atoms with Gasteiger partial charge >= 0.3 is 6.18 Å². The van der Waals surface area contributed by atoms with Gasteiger partial charge in [0.05, 0.1) is 24.1 Å². The lowest BCUT2D eigenvalue weighted by molar-refractivity contribution is -0.137. The molecule has 0 aliphatic heterocycles. The zero-order chi connectivity index (χ0) is 26.7. The number of ether oxygens (including phenoxy) is 1.